The SMILES string of the molecule is CCc1ccc2c(c1)N(C(S)(S)C1CCCN1C)CC2. The summed E-state index contributed by atoms with van der Waals surface area (Å²) < 4.78 is -0.386. The Labute approximate surface area is 133 Å². The Morgan fingerprint density at radius 1 is 1.30 bits per heavy atom. The van der Waals surface area contributed by atoms with E-state index in [1.54, 1.807) is 0 Å². The van der Waals surface area contributed by atoms with Gasteiger partial charge in [0.25, 0.3) is 0 Å². The minimum atomic E-state index is -0.386. The van der Waals surface area contributed by atoms with Gasteiger partial charge in [-0.05, 0) is 56.5 Å². The highest BCUT2D eigenvalue weighted by Gasteiger charge is 2.44. The first-order valence-electron chi connectivity index (χ1n) is 7.58. The Bertz CT molecular complexity index is 501. The number of likely N-dealkylation sites (tertiary alicyclic amines) is 1. The summed E-state index contributed by atoms with van der Waals surface area (Å²) in [7, 11) is 2.19. The van der Waals surface area contributed by atoms with Gasteiger partial charge in [-0.15, -0.1) is 25.3 Å². The van der Waals surface area contributed by atoms with Gasteiger partial charge in [-0.2, -0.15) is 0 Å². The largest absolute Gasteiger partial charge is 0.347 e. The van der Waals surface area contributed by atoms with E-state index in [-0.39, 0.29) is 4.20 Å². The fourth-order valence-electron chi connectivity index (χ4n) is 3.57. The van der Waals surface area contributed by atoms with Crippen molar-refractivity contribution in [2.75, 3.05) is 25.0 Å². The van der Waals surface area contributed by atoms with Crippen LogP contribution in [-0.4, -0.2) is 35.3 Å². The standard InChI is InChI=1S/C16H24N2S2/c1-3-12-6-7-13-8-10-18(14(13)11-12)16(19,20)15-5-4-9-17(15)2/h6-7,11,15,19-20H,3-5,8-10H2,1-2H3. The number of benzene rings is 1. The summed E-state index contributed by atoms with van der Waals surface area (Å²) >= 11 is 9.95. The third-order valence-corrected chi connectivity index (χ3v) is 5.90. The van der Waals surface area contributed by atoms with Gasteiger partial charge in [0.05, 0.1) is 6.04 Å². The van der Waals surface area contributed by atoms with Gasteiger partial charge >= 0.3 is 0 Å². The first-order chi connectivity index (χ1) is 9.54. The normalized spacial score (nSPS) is 23.4. The van der Waals surface area contributed by atoms with Crippen molar-refractivity contribution in [3.05, 3.63) is 29.3 Å². The van der Waals surface area contributed by atoms with Crippen LogP contribution in [0.2, 0.25) is 0 Å². The zero-order valence-corrected chi connectivity index (χ0v) is 14.1. The lowest BCUT2D eigenvalue weighted by atomic mass is 10.1. The highest BCUT2D eigenvalue weighted by Crippen LogP contribution is 2.43. The molecular weight excluding hydrogens is 284 g/mol. The Morgan fingerprint density at radius 2 is 2.10 bits per heavy atom. The second kappa shape index (κ2) is 5.47. The molecule has 2 aliphatic heterocycles. The van der Waals surface area contributed by atoms with Crippen molar-refractivity contribution in [3.63, 3.8) is 0 Å². The Balaban J connectivity index is 1.93. The summed E-state index contributed by atoms with van der Waals surface area (Å²) in [5, 5.41) is 0. The molecule has 1 aromatic rings. The molecule has 1 fully saturated rings. The van der Waals surface area contributed by atoms with Gasteiger partial charge in [0, 0.05) is 12.2 Å². The van der Waals surface area contributed by atoms with Crippen LogP contribution in [-0.2, 0) is 12.8 Å². The van der Waals surface area contributed by atoms with Crippen LogP contribution < -0.4 is 4.90 Å². The molecule has 0 aromatic heterocycles. The van der Waals surface area contributed by atoms with Gasteiger partial charge in [0.1, 0.15) is 4.20 Å². The highest BCUT2D eigenvalue weighted by molar-refractivity contribution is 8.00. The summed E-state index contributed by atoms with van der Waals surface area (Å²) in [6, 6.07) is 7.27. The van der Waals surface area contributed by atoms with E-state index in [4.69, 9.17) is 25.3 Å². The lowest BCUT2D eigenvalue weighted by Gasteiger charge is -2.43. The smallest absolute Gasteiger partial charge is 0.143 e. The van der Waals surface area contributed by atoms with Crippen LogP contribution in [0.3, 0.4) is 0 Å². The van der Waals surface area contributed by atoms with Gasteiger partial charge in [-0.25, -0.2) is 0 Å². The predicted molar refractivity (Wildman–Crippen MR) is 93.2 cm³/mol. The average Bonchev–Trinajstić information content (AvgIpc) is 3.04. The molecule has 0 N–H and O–H groups in total. The number of aryl methyl sites for hydroxylation is 1. The van der Waals surface area contributed by atoms with E-state index in [0.717, 1.165) is 25.9 Å². The van der Waals surface area contributed by atoms with Gasteiger partial charge in [-0.3, -0.25) is 4.90 Å². The van der Waals surface area contributed by atoms with E-state index in [1.807, 2.05) is 0 Å². The van der Waals surface area contributed by atoms with E-state index in [2.05, 4.69) is 42.0 Å². The number of likely N-dealkylation sites (N-methyl/N-ethyl adjacent to an activating group) is 1. The van der Waals surface area contributed by atoms with Crippen molar-refractivity contribution in [3.8, 4) is 0 Å². The van der Waals surface area contributed by atoms with Crippen molar-refractivity contribution >= 4 is 30.9 Å². The van der Waals surface area contributed by atoms with Crippen LogP contribution in [0, 0.1) is 0 Å². The van der Waals surface area contributed by atoms with Crippen molar-refractivity contribution in [1.82, 2.24) is 4.90 Å². The van der Waals surface area contributed by atoms with E-state index in [1.165, 1.54) is 29.7 Å². The van der Waals surface area contributed by atoms with E-state index >= 15 is 0 Å². The fraction of sp³-hybridized carbons (Fsp3) is 0.625. The van der Waals surface area contributed by atoms with Crippen LogP contribution in [0.25, 0.3) is 0 Å². The quantitative estimate of drug-likeness (QED) is 0.654. The molecule has 1 atom stereocenters. The van der Waals surface area contributed by atoms with Crippen LogP contribution in [0.1, 0.15) is 30.9 Å². The Kier molecular flexibility index (Phi) is 3.99. The molecule has 0 amide bonds. The van der Waals surface area contributed by atoms with Crippen molar-refractivity contribution in [2.45, 2.75) is 42.9 Å². The molecular formula is C16H24N2S2. The van der Waals surface area contributed by atoms with Crippen molar-refractivity contribution in [2.24, 2.45) is 0 Å². The summed E-state index contributed by atoms with van der Waals surface area (Å²) in [5.74, 6) is 0. The van der Waals surface area contributed by atoms with Gasteiger partial charge in [0.2, 0.25) is 0 Å². The first kappa shape index (κ1) is 14.6. The maximum absolute atomic E-state index is 4.97. The minimum Gasteiger partial charge on any atom is -0.347 e. The zero-order valence-electron chi connectivity index (χ0n) is 12.3. The molecule has 20 heavy (non-hydrogen) atoms. The molecule has 1 unspecified atom stereocenters. The summed E-state index contributed by atoms with van der Waals surface area (Å²) in [4.78, 5) is 4.81. The Hall–Kier alpha value is -0.320. The monoisotopic (exact) mass is 308 g/mol. The molecule has 1 aromatic carbocycles. The second-order valence-corrected chi connectivity index (χ2v) is 7.76. The summed E-state index contributed by atoms with van der Waals surface area (Å²) in [6.45, 7) is 4.39. The zero-order chi connectivity index (χ0) is 14.3. The van der Waals surface area contributed by atoms with E-state index in [9.17, 15) is 0 Å². The van der Waals surface area contributed by atoms with Gasteiger partial charge in [0.15, 0.2) is 0 Å². The maximum Gasteiger partial charge on any atom is 0.143 e. The fourth-order valence-corrected chi connectivity index (χ4v) is 4.63. The highest BCUT2D eigenvalue weighted by atomic mass is 32.2. The Morgan fingerprint density at radius 3 is 2.75 bits per heavy atom. The van der Waals surface area contributed by atoms with Crippen LogP contribution >= 0.6 is 25.3 Å². The number of nitrogens with zero attached hydrogens (tertiary/aromatic N) is 2. The number of anilines is 1. The van der Waals surface area contributed by atoms with Crippen LogP contribution in [0.15, 0.2) is 18.2 Å². The van der Waals surface area contributed by atoms with Crippen LogP contribution in [0.5, 0.6) is 0 Å². The molecule has 0 aliphatic carbocycles. The first-order valence-corrected chi connectivity index (χ1v) is 8.48. The number of fused-ring (bicyclic) bond motifs is 1. The predicted octanol–water partition coefficient (Wildman–Crippen LogP) is 3.22. The molecule has 2 nitrogen and oxygen atoms in total. The molecule has 0 saturated carbocycles. The molecule has 0 bridgehead atoms. The van der Waals surface area contributed by atoms with Crippen molar-refractivity contribution in [1.29, 1.82) is 0 Å². The van der Waals surface area contributed by atoms with Crippen molar-refractivity contribution < 1.29 is 0 Å². The number of rotatable bonds is 3. The molecule has 4 heteroatoms. The molecule has 3 rings (SSSR count). The topological polar surface area (TPSA) is 6.48 Å². The third-order valence-electron chi connectivity index (χ3n) is 4.82. The summed E-state index contributed by atoms with van der Waals surface area (Å²) in [5.41, 5.74) is 4.18. The lowest BCUT2D eigenvalue weighted by molar-refractivity contribution is 0.290. The van der Waals surface area contributed by atoms with E-state index < -0.39 is 0 Å². The number of hydrogen-bond acceptors (Lipinski definition) is 4. The maximum atomic E-state index is 4.97. The van der Waals surface area contributed by atoms with Gasteiger partial charge < -0.3 is 4.90 Å². The van der Waals surface area contributed by atoms with Gasteiger partial charge in [-0.1, -0.05) is 19.1 Å². The second-order valence-electron chi connectivity index (χ2n) is 6.04. The molecule has 0 radical (unpaired) electrons. The number of thiol groups is 2. The molecule has 1 saturated heterocycles. The summed E-state index contributed by atoms with van der Waals surface area (Å²) in [6.07, 6.45) is 4.62. The van der Waals surface area contributed by atoms with Crippen LogP contribution in [0.4, 0.5) is 5.69 Å². The average molecular weight is 309 g/mol. The molecule has 110 valence electrons. The number of hydrogen-bond donors (Lipinski definition) is 2. The molecule has 0 spiro atoms. The molecule has 2 aliphatic rings. The minimum absolute atomic E-state index is 0.386. The lowest BCUT2D eigenvalue weighted by Crippen LogP contribution is -2.52. The third kappa shape index (κ3) is 2.36. The van der Waals surface area contributed by atoms with E-state index in [0.29, 0.717) is 6.04 Å². The molecule has 2 heterocycles.